The number of rotatable bonds is 2. The number of phosphoric acid groups is 1. The maximum Gasteiger partial charge on any atom is 0.692 e. The zero-order valence-corrected chi connectivity index (χ0v) is 7.66. The van der Waals surface area contributed by atoms with E-state index in [2.05, 4.69) is 9.05 Å². The lowest BCUT2D eigenvalue weighted by atomic mass is 11.8. The lowest BCUT2D eigenvalue weighted by Gasteiger charge is -2.01. The highest BCUT2D eigenvalue weighted by atomic mass is 31.2. The standard InChI is InChI=1S/C2H7O4P.HO3P/c1-5-7(3,4)6-2;1-4(2)3/h1-2H3,(H,3,4);(H-,1,2,3)/p+1. The minimum absolute atomic E-state index is 1.10. The normalized spacial score (nSPS) is 9.91. The Kier molecular flexibility index (Phi) is 8.49. The summed E-state index contributed by atoms with van der Waals surface area (Å²) in [6.45, 7) is 0. The smallest absolute Gasteiger partial charge is 0.303 e. The Bertz CT molecular complexity index is 143. The van der Waals surface area contributed by atoms with Crippen LogP contribution in [0, 0.1) is 0 Å². The van der Waals surface area contributed by atoms with E-state index in [1.54, 1.807) is 0 Å². The fourth-order valence-corrected chi connectivity index (χ4v) is 0.224. The van der Waals surface area contributed by atoms with E-state index < -0.39 is 16.1 Å². The molecule has 68 valence electrons. The molecule has 0 unspecified atom stereocenters. The maximum absolute atomic E-state index is 10.1. The molecule has 0 spiro atoms. The monoisotopic (exact) mass is 207 g/mol. The summed E-state index contributed by atoms with van der Waals surface area (Å²) in [7, 11) is -4.32. The molecule has 3 N–H and O–H groups in total. The quantitative estimate of drug-likeness (QED) is 0.546. The van der Waals surface area contributed by atoms with Crippen molar-refractivity contribution < 1.29 is 32.9 Å². The van der Waals surface area contributed by atoms with Crippen molar-refractivity contribution in [2.45, 2.75) is 0 Å². The van der Waals surface area contributed by atoms with Crippen LogP contribution in [0.5, 0.6) is 0 Å². The molecule has 0 radical (unpaired) electrons. The summed E-state index contributed by atoms with van der Waals surface area (Å²) < 4.78 is 26.7. The van der Waals surface area contributed by atoms with E-state index in [4.69, 9.17) is 19.2 Å². The fourth-order valence-electron chi connectivity index (χ4n) is 0.0745. The predicted molar refractivity (Wildman–Crippen MR) is 35.9 cm³/mol. The minimum atomic E-state index is -3.65. The van der Waals surface area contributed by atoms with Gasteiger partial charge in [0.2, 0.25) is 0 Å². The average molecular weight is 207 g/mol. The molecule has 0 rings (SSSR count). The molecular weight excluding hydrogens is 198 g/mol. The number of hydrogen-bond donors (Lipinski definition) is 3. The molecule has 0 heterocycles. The van der Waals surface area contributed by atoms with Crippen LogP contribution in [-0.4, -0.2) is 28.9 Å². The number of phosphoric ester groups is 1. The summed E-state index contributed by atoms with van der Waals surface area (Å²) in [4.78, 5) is 22.5. The van der Waals surface area contributed by atoms with Gasteiger partial charge in [-0.25, -0.2) is 4.57 Å². The first kappa shape index (κ1) is 13.7. The van der Waals surface area contributed by atoms with E-state index in [9.17, 15) is 4.57 Å². The summed E-state index contributed by atoms with van der Waals surface area (Å²) in [5.74, 6) is 0. The average Bonchev–Trinajstić information content (AvgIpc) is 1.87. The third-order valence-electron chi connectivity index (χ3n) is 0.461. The van der Waals surface area contributed by atoms with Crippen molar-refractivity contribution in [2.24, 2.45) is 0 Å². The van der Waals surface area contributed by atoms with Crippen LogP contribution < -0.4 is 0 Å². The van der Waals surface area contributed by atoms with Gasteiger partial charge in [-0.05, 0) is 0 Å². The van der Waals surface area contributed by atoms with Gasteiger partial charge in [0.15, 0.2) is 0 Å². The molecule has 11 heavy (non-hydrogen) atoms. The van der Waals surface area contributed by atoms with Crippen LogP contribution in [0.3, 0.4) is 0 Å². The zero-order chi connectivity index (χ0) is 9.49. The molecule has 0 saturated heterocycles. The van der Waals surface area contributed by atoms with Gasteiger partial charge < -0.3 is 4.89 Å². The Hall–Kier alpha value is 0.130. The Labute approximate surface area is 64.1 Å². The second-order valence-electron chi connectivity index (χ2n) is 1.09. The molecule has 0 aliphatic carbocycles. The lowest BCUT2D eigenvalue weighted by molar-refractivity contribution is 0.204. The highest BCUT2D eigenvalue weighted by Crippen LogP contribution is 2.40. The van der Waals surface area contributed by atoms with E-state index in [-0.39, 0.29) is 0 Å². The molecular formula is C2H9O7P2+. The SMILES string of the molecule is COP(=O)(O)OC.O=[P+](O)O. The molecule has 9 heteroatoms. The molecule has 0 atom stereocenters. The van der Waals surface area contributed by atoms with Crippen LogP contribution in [0.15, 0.2) is 0 Å². The van der Waals surface area contributed by atoms with Gasteiger partial charge in [0.1, 0.15) is 0 Å². The molecule has 0 amide bonds. The molecule has 7 nitrogen and oxygen atoms in total. The van der Waals surface area contributed by atoms with Crippen molar-refractivity contribution in [1.29, 1.82) is 0 Å². The first-order valence-corrected chi connectivity index (χ1v) is 4.81. The van der Waals surface area contributed by atoms with Crippen molar-refractivity contribution in [2.75, 3.05) is 14.2 Å². The van der Waals surface area contributed by atoms with Crippen LogP contribution in [0.4, 0.5) is 0 Å². The first-order valence-electron chi connectivity index (χ1n) is 2.15. The van der Waals surface area contributed by atoms with Crippen molar-refractivity contribution in [1.82, 2.24) is 0 Å². The third-order valence-corrected chi connectivity index (χ3v) is 1.38. The van der Waals surface area contributed by atoms with Crippen LogP contribution in [0.25, 0.3) is 0 Å². The van der Waals surface area contributed by atoms with Gasteiger partial charge >= 0.3 is 16.1 Å². The van der Waals surface area contributed by atoms with Gasteiger partial charge in [0.25, 0.3) is 0 Å². The van der Waals surface area contributed by atoms with E-state index in [0.717, 1.165) is 14.2 Å². The second kappa shape index (κ2) is 6.82. The topological polar surface area (TPSA) is 113 Å². The number of hydrogen-bond acceptors (Lipinski definition) is 4. The summed E-state index contributed by atoms with van der Waals surface area (Å²) >= 11 is 0. The van der Waals surface area contributed by atoms with Gasteiger partial charge in [0.05, 0.1) is 0 Å². The zero-order valence-electron chi connectivity index (χ0n) is 5.87. The Morgan fingerprint density at radius 1 is 1.27 bits per heavy atom. The fraction of sp³-hybridized carbons (Fsp3) is 1.00. The van der Waals surface area contributed by atoms with E-state index in [1.807, 2.05) is 0 Å². The van der Waals surface area contributed by atoms with Crippen LogP contribution >= 0.6 is 16.1 Å². The van der Waals surface area contributed by atoms with Crippen LogP contribution in [0.1, 0.15) is 0 Å². The van der Waals surface area contributed by atoms with Crippen molar-refractivity contribution in [3.63, 3.8) is 0 Å². The Balaban J connectivity index is 0. The van der Waals surface area contributed by atoms with E-state index in [1.165, 1.54) is 0 Å². The van der Waals surface area contributed by atoms with Gasteiger partial charge in [-0.2, -0.15) is 0 Å². The van der Waals surface area contributed by atoms with E-state index in [0.29, 0.717) is 0 Å². The van der Waals surface area contributed by atoms with Crippen molar-refractivity contribution in [3.8, 4) is 0 Å². The molecule has 0 aromatic heterocycles. The molecule has 0 saturated carbocycles. The summed E-state index contributed by atoms with van der Waals surface area (Å²) in [5.41, 5.74) is 0. The van der Waals surface area contributed by atoms with Crippen LogP contribution in [-0.2, 0) is 18.2 Å². The molecule has 0 aliphatic heterocycles. The van der Waals surface area contributed by atoms with Gasteiger partial charge in [-0.15, -0.1) is 9.79 Å². The third kappa shape index (κ3) is 17.8. The summed E-state index contributed by atoms with van der Waals surface area (Å²) in [6, 6.07) is 0. The maximum atomic E-state index is 10.1. The minimum Gasteiger partial charge on any atom is -0.303 e. The predicted octanol–water partition coefficient (Wildman–Crippen LogP) is 0.00800. The largest absolute Gasteiger partial charge is 0.692 e. The molecule has 0 bridgehead atoms. The Morgan fingerprint density at radius 2 is 1.45 bits per heavy atom. The van der Waals surface area contributed by atoms with Gasteiger partial charge in [-0.1, -0.05) is 0 Å². The van der Waals surface area contributed by atoms with E-state index >= 15 is 0 Å². The lowest BCUT2D eigenvalue weighted by Crippen LogP contribution is -1.83. The van der Waals surface area contributed by atoms with Crippen molar-refractivity contribution in [3.05, 3.63) is 0 Å². The van der Waals surface area contributed by atoms with Crippen LogP contribution in [0.2, 0.25) is 0 Å². The Morgan fingerprint density at radius 3 is 1.45 bits per heavy atom. The molecule has 0 aromatic carbocycles. The highest BCUT2D eigenvalue weighted by Gasteiger charge is 2.13. The highest BCUT2D eigenvalue weighted by molar-refractivity contribution is 7.47. The summed E-state index contributed by atoms with van der Waals surface area (Å²) in [5, 5.41) is 0. The van der Waals surface area contributed by atoms with Gasteiger partial charge in [-0.3, -0.25) is 9.05 Å². The molecule has 0 aliphatic rings. The van der Waals surface area contributed by atoms with Crippen molar-refractivity contribution >= 4 is 16.1 Å². The second-order valence-corrected chi connectivity index (χ2v) is 3.26. The molecule has 0 fully saturated rings. The summed E-state index contributed by atoms with van der Waals surface area (Å²) in [6.07, 6.45) is 0. The van der Waals surface area contributed by atoms with Gasteiger partial charge in [0, 0.05) is 18.8 Å². The first-order chi connectivity index (χ1) is 4.85. The molecule has 0 aromatic rings.